The van der Waals surface area contributed by atoms with E-state index >= 15 is 0 Å². The zero-order valence-electron chi connectivity index (χ0n) is 12.3. The highest BCUT2D eigenvalue weighted by molar-refractivity contribution is 5.75. The van der Waals surface area contributed by atoms with E-state index < -0.39 is 0 Å². The van der Waals surface area contributed by atoms with E-state index in [-0.39, 0.29) is 6.10 Å². The largest absolute Gasteiger partial charge is 0.391 e. The summed E-state index contributed by atoms with van der Waals surface area (Å²) < 4.78 is 2.24. The quantitative estimate of drug-likeness (QED) is 0.904. The SMILES string of the molecule is CCCc1nc2ccccc2n1CC(O)C1CCCC1. The van der Waals surface area contributed by atoms with Crippen LogP contribution in [0.25, 0.3) is 11.0 Å². The highest BCUT2D eigenvalue weighted by Crippen LogP contribution is 2.29. The molecular formula is C17H24N2O. The van der Waals surface area contributed by atoms with Crippen LogP contribution < -0.4 is 0 Å². The van der Waals surface area contributed by atoms with Gasteiger partial charge in [-0.25, -0.2) is 4.98 Å². The lowest BCUT2D eigenvalue weighted by molar-refractivity contribution is 0.0933. The van der Waals surface area contributed by atoms with Gasteiger partial charge in [-0.2, -0.15) is 0 Å². The van der Waals surface area contributed by atoms with E-state index in [0.29, 0.717) is 12.5 Å². The smallest absolute Gasteiger partial charge is 0.109 e. The lowest BCUT2D eigenvalue weighted by Crippen LogP contribution is -2.24. The van der Waals surface area contributed by atoms with E-state index in [4.69, 9.17) is 4.98 Å². The number of aromatic nitrogens is 2. The first kappa shape index (κ1) is 13.6. The van der Waals surface area contributed by atoms with Crippen LogP contribution in [0.5, 0.6) is 0 Å². The molecule has 1 aromatic carbocycles. The summed E-state index contributed by atoms with van der Waals surface area (Å²) in [6.07, 6.45) is 6.73. The second-order valence-electron chi connectivity index (χ2n) is 5.99. The summed E-state index contributed by atoms with van der Waals surface area (Å²) in [5, 5.41) is 10.5. The minimum Gasteiger partial charge on any atom is -0.391 e. The summed E-state index contributed by atoms with van der Waals surface area (Å²) in [4.78, 5) is 4.73. The van der Waals surface area contributed by atoms with Crippen LogP contribution in [-0.4, -0.2) is 20.8 Å². The van der Waals surface area contributed by atoms with Gasteiger partial charge >= 0.3 is 0 Å². The van der Waals surface area contributed by atoms with Crippen LogP contribution in [0, 0.1) is 5.92 Å². The molecule has 1 fully saturated rings. The molecule has 1 saturated carbocycles. The van der Waals surface area contributed by atoms with Crippen molar-refractivity contribution in [1.82, 2.24) is 9.55 Å². The predicted octanol–water partition coefficient (Wildman–Crippen LogP) is 3.54. The molecule has 0 bridgehead atoms. The Kier molecular flexibility index (Phi) is 4.06. The van der Waals surface area contributed by atoms with Gasteiger partial charge in [0.15, 0.2) is 0 Å². The monoisotopic (exact) mass is 272 g/mol. The van der Waals surface area contributed by atoms with Crippen LogP contribution >= 0.6 is 0 Å². The second-order valence-corrected chi connectivity index (χ2v) is 5.99. The summed E-state index contributed by atoms with van der Waals surface area (Å²) in [5.41, 5.74) is 2.21. The normalized spacial score (nSPS) is 17.9. The Bertz CT molecular complexity index is 569. The van der Waals surface area contributed by atoms with Gasteiger partial charge in [0, 0.05) is 6.42 Å². The highest BCUT2D eigenvalue weighted by atomic mass is 16.3. The van der Waals surface area contributed by atoms with Crippen molar-refractivity contribution in [2.45, 2.75) is 58.1 Å². The van der Waals surface area contributed by atoms with Gasteiger partial charge in [0.2, 0.25) is 0 Å². The Balaban J connectivity index is 1.89. The van der Waals surface area contributed by atoms with Crippen LogP contribution in [0.1, 0.15) is 44.9 Å². The Morgan fingerprint density at radius 2 is 2.05 bits per heavy atom. The molecule has 1 aliphatic rings. The third-order valence-corrected chi connectivity index (χ3v) is 4.52. The third-order valence-electron chi connectivity index (χ3n) is 4.52. The van der Waals surface area contributed by atoms with E-state index in [9.17, 15) is 5.11 Å². The fourth-order valence-corrected chi connectivity index (χ4v) is 3.42. The van der Waals surface area contributed by atoms with Crippen LogP contribution in [-0.2, 0) is 13.0 Å². The minimum atomic E-state index is -0.231. The fraction of sp³-hybridized carbons (Fsp3) is 0.588. The Morgan fingerprint density at radius 3 is 2.80 bits per heavy atom. The first-order valence-corrected chi connectivity index (χ1v) is 7.91. The molecule has 1 atom stereocenters. The molecule has 3 heteroatoms. The molecule has 1 aliphatic carbocycles. The Labute approximate surface area is 120 Å². The Morgan fingerprint density at radius 1 is 1.30 bits per heavy atom. The molecule has 3 rings (SSSR count). The minimum absolute atomic E-state index is 0.231. The van der Waals surface area contributed by atoms with Crippen molar-refractivity contribution in [2.24, 2.45) is 5.92 Å². The number of hydrogen-bond donors (Lipinski definition) is 1. The van der Waals surface area contributed by atoms with Gasteiger partial charge in [0.1, 0.15) is 5.82 Å². The van der Waals surface area contributed by atoms with Crippen LogP contribution in [0.2, 0.25) is 0 Å². The summed E-state index contributed by atoms with van der Waals surface area (Å²) >= 11 is 0. The predicted molar refractivity (Wildman–Crippen MR) is 81.7 cm³/mol. The van der Waals surface area contributed by atoms with E-state index in [2.05, 4.69) is 29.7 Å². The van der Waals surface area contributed by atoms with Crippen molar-refractivity contribution >= 4 is 11.0 Å². The van der Waals surface area contributed by atoms with Crippen molar-refractivity contribution in [3.05, 3.63) is 30.1 Å². The number of aryl methyl sites for hydroxylation is 1. The van der Waals surface area contributed by atoms with E-state index in [0.717, 1.165) is 29.7 Å². The third kappa shape index (κ3) is 2.59. The number of para-hydroxylation sites is 2. The average Bonchev–Trinajstić information content (AvgIpc) is 3.08. The zero-order chi connectivity index (χ0) is 13.9. The molecule has 108 valence electrons. The lowest BCUT2D eigenvalue weighted by Gasteiger charge is -2.20. The molecule has 20 heavy (non-hydrogen) atoms. The van der Waals surface area contributed by atoms with Gasteiger partial charge in [-0.15, -0.1) is 0 Å². The maximum Gasteiger partial charge on any atom is 0.109 e. The molecule has 0 amide bonds. The maximum absolute atomic E-state index is 10.5. The number of aliphatic hydroxyl groups is 1. The first-order valence-electron chi connectivity index (χ1n) is 7.91. The molecule has 1 aromatic heterocycles. The molecular weight excluding hydrogens is 248 g/mol. The molecule has 0 spiro atoms. The standard InChI is InChI=1S/C17H24N2O/c1-2-7-17-18-14-10-5-6-11-15(14)19(17)12-16(20)13-8-3-4-9-13/h5-6,10-11,13,16,20H,2-4,7-9,12H2,1H3. The van der Waals surface area contributed by atoms with Crippen molar-refractivity contribution in [3.8, 4) is 0 Å². The maximum atomic E-state index is 10.5. The van der Waals surface area contributed by atoms with E-state index in [1.807, 2.05) is 6.07 Å². The van der Waals surface area contributed by atoms with Crippen LogP contribution in [0.3, 0.4) is 0 Å². The number of rotatable bonds is 5. The number of imidazole rings is 1. The second kappa shape index (κ2) is 5.96. The number of hydrogen-bond acceptors (Lipinski definition) is 2. The van der Waals surface area contributed by atoms with Crippen LogP contribution in [0.15, 0.2) is 24.3 Å². The van der Waals surface area contributed by atoms with Crippen LogP contribution in [0.4, 0.5) is 0 Å². The van der Waals surface area contributed by atoms with Gasteiger partial charge in [0.05, 0.1) is 23.7 Å². The van der Waals surface area contributed by atoms with Gasteiger partial charge in [-0.1, -0.05) is 31.9 Å². The number of nitrogens with zero attached hydrogens (tertiary/aromatic N) is 2. The molecule has 1 heterocycles. The number of benzene rings is 1. The number of aliphatic hydroxyl groups excluding tert-OH is 1. The van der Waals surface area contributed by atoms with Crippen molar-refractivity contribution in [1.29, 1.82) is 0 Å². The topological polar surface area (TPSA) is 38.0 Å². The summed E-state index contributed by atoms with van der Waals surface area (Å²) in [5.74, 6) is 1.59. The van der Waals surface area contributed by atoms with Crippen molar-refractivity contribution in [2.75, 3.05) is 0 Å². The molecule has 3 nitrogen and oxygen atoms in total. The molecule has 0 radical (unpaired) electrons. The lowest BCUT2D eigenvalue weighted by atomic mass is 10.0. The van der Waals surface area contributed by atoms with Crippen molar-refractivity contribution in [3.63, 3.8) is 0 Å². The first-order chi connectivity index (χ1) is 9.79. The zero-order valence-corrected chi connectivity index (χ0v) is 12.3. The summed E-state index contributed by atoms with van der Waals surface area (Å²) in [6, 6.07) is 8.26. The molecule has 1 N–H and O–H groups in total. The van der Waals surface area contributed by atoms with Gasteiger partial charge in [-0.05, 0) is 37.3 Å². The fourth-order valence-electron chi connectivity index (χ4n) is 3.42. The molecule has 1 unspecified atom stereocenters. The summed E-state index contributed by atoms with van der Waals surface area (Å²) in [7, 11) is 0. The molecule has 0 aliphatic heterocycles. The number of fused-ring (bicyclic) bond motifs is 1. The average molecular weight is 272 g/mol. The molecule has 2 aromatic rings. The van der Waals surface area contributed by atoms with Crippen molar-refractivity contribution < 1.29 is 5.11 Å². The van der Waals surface area contributed by atoms with Gasteiger partial charge in [-0.3, -0.25) is 0 Å². The summed E-state index contributed by atoms with van der Waals surface area (Å²) in [6.45, 7) is 2.87. The van der Waals surface area contributed by atoms with Gasteiger partial charge < -0.3 is 9.67 Å². The highest BCUT2D eigenvalue weighted by Gasteiger charge is 2.24. The Hall–Kier alpha value is -1.35. The van der Waals surface area contributed by atoms with E-state index in [1.54, 1.807) is 0 Å². The molecule has 0 saturated heterocycles. The van der Waals surface area contributed by atoms with E-state index in [1.165, 1.54) is 25.7 Å². The van der Waals surface area contributed by atoms with Gasteiger partial charge in [0.25, 0.3) is 0 Å².